The Labute approximate surface area is 97.3 Å². The molecule has 0 saturated carbocycles. The van der Waals surface area contributed by atoms with Crippen LogP contribution in [0, 0.1) is 0 Å². The van der Waals surface area contributed by atoms with Gasteiger partial charge in [0.1, 0.15) is 4.90 Å². The first-order valence-corrected chi connectivity index (χ1v) is 6.15. The third kappa shape index (κ3) is 2.19. The summed E-state index contributed by atoms with van der Waals surface area (Å²) in [6.45, 7) is -0.716. The van der Waals surface area contributed by atoms with Crippen LogP contribution in [0.2, 0.25) is 0 Å². The molecule has 17 heavy (non-hydrogen) atoms. The Morgan fingerprint density at radius 2 is 1.88 bits per heavy atom. The standard InChI is InChI=1S/C8H10N4O4S/c1-11-3-6(2-9-11)17(15,16)12-4-7(13)10-8(14)5-12/h2-3H,4-5H2,1H3,(H,10,13,14). The first-order chi connectivity index (χ1) is 7.89. The van der Waals surface area contributed by atoms with Gasteiger partial charge in [0, 0.05) is 13.2 Å². The summed E-state index contributed by atoms with van der Waals surface area (Å²) < 4.78 is 26.2. The number of aromatic nitrogens is 2. The lowest BCUT2D eigenvalue weighted by molar-refractivity contribution is -0.134. The molecule has 0 aliphatic carbocycles. The van der Waals surface area contributed by atoms with Gasteiger partial charge in [-0.1, -0.05) is 0 Å². The molecule has 1 N–H and O–H groups in total. The van der Waals surface area contributed by atoms with Crippen molar-refractivity contribution in [2.45, 2.75) is 4.90 Å². The molecule has 0 aromatic carbocycles. The van der Waals surface area contributed by atoms with Gasteiger partial charge in [-0.05, 0) is 0 Å². The summed E-state index contributed by atoms with van der Waals surface area (Å²) in [5.41, 5.74) is 0. The SMILES string of the molecule is Cn1cc(S(=O)(=O)N2CC(=O)NC(=O)C2)cn1. The maximum Gasteiger partial charge on any atom is 0.247 e. The summed E-state index contributed by atoms with van der Waals surface area (Å²) in [5, 5.41) is 5.77. The van der Waals surface area contributed by atoms with Crippen LogP contribution in [0.3, 0.4) is 0 Å². The highest BCUT2D eigenvalue weighted by molar-refractivity contribution is 7.89. The van der Waals surface area contributed by atoms with Gasteiger partial charge in [-0.3, -0.25) is 19.6 Å². The van der Waals surface area contributed by atoms with Gasteiger partial charge in [0.2, 0.25) is 21.8 Å². The van der Waals surface area contributed by atoms with Crippen LogP contribution in [0.5, 0.6) is 0 Å². The van der Waals surface area contributed by atoms with Gasteiger partial charge in [-0.15, -0.1) is 0 Å². The fraction of sp³-hybridized carbons (Fsp3) is 0.375. The molecule has 2 heterocycles. The lowest BCUT2D eigenvalue weighted by atomic mass is 10.4. The molecule has 0 spiro atoms. The van der Waals surface area contributed by atoms with E-state index in [9.17, 15) is 18.0 Å². The first-order valence-electron chi connectivity index (χ1n) is 4.71. The number of imide groups is 1. The van der Waals surface area contributed by atoms with E-state index < -0.39 is 21.8 Å². The Bertz CT molecular complexity index is 560. The van der Waals surface area contributed by atoms with E-state index in [0.29, 0.717) is 0 Å². The summed E-state index contributed by atoms with van der Waals surface area (Å²) in [6, 6.07) is 0. The smallest absolute Gasteiger partial charge is 0.247 e. The van der Waals surface area contributed by atoms with Crippen molar-refractivity contribution < 1.29 is 18.0 Å². The van der Waals surface area contributed by atoms with Gasteiger partial charge in [-0.25, -0.2) is 8.42 Å². The van der Waals surface area contributed by atoms with Crippen LogP contribution in [0.4, 0.5) is 0 Å². The van der Waals surface area contributed by atoms with Crippen LogP contribution < -0.4 is 5.32 Å². The number of rotatable bonds is 2. The lowest BCUT2D eigenvalue weighted by Gasteiger charge is -2.23. The van der Waals surface area contributed by atoms with E-state index in [1.165, 1.54) is 17.1 Å². The average molecular weight is 258 g/mol. The van der Waals surface area contributed by atoms with Crippen LogP contribution in [-0.4, -0.2) is 47.4 Å². The molecule has 8 nitrogen and oxygen atoms in total. The largest absolute Gasteiger partial charge is 0.294 e. The monoisotopic (exact) mass is 258 g/mol. The molecule has 1 aromatic heterocycles. The molecule has 2 amide bonds. The van der Waals surface area contributed by atoms with Gasteiger partial charge in [0.05, 0.1) is 19.3 Å². The third-order valence-corrected chi connectivity index (χ3v) is 3.98. The molecular weight excluding hydrogens is 248 g/mol. The van der Waals surface area contributed by atoms with Gasteiger partial charge >= 0.3 is 0 Å². The molecule has 0 unspecified atom stereocenters. The van der Waals surface area contributed by atoms with E-state index in [0.717, 1.165) is 4.31 Å². The summed E-state index contributed by atoms with van der Waals surface area (Å²) in [5.74, 6) is -1.26. The Morgan fingerprint density at radius 1 is 1.29 bits per heavy atom. The molecule has 0 bridgehead atoms. The molecular formula is C8H10N4O4S. The van der Waals surface area contributed by atoms with Crippen molar-refractivity contribution in [2.24, 2.45) is 7.05 Å². The Kier molecular flexibility index (Phi) is 2.71. The predicted octanol–water partition coefficient (Wildman–Crippen LogP) is -1.93. The molecule has 2 rings (SSSR count). The normalized spacial score (nSPS) is 18.2. The van der Waals surface area contributed by atoms with Gasteiger partial charge in [-0.2, -0.15) is 9.40 Å². The van der Waals surface area contributed by atoms with Crippen LogP contribution in [0.25, 0.3) is 0 Å². The molecule has 0 radical (unpaired) electrons. The number of carbonyl (C=O) groups is 2. The second-order valence-electron chi connectivity index (χ2n) is 3.59. The van der Waals surface area contributed by atoms with Crippen LogP contribution in [0.1, 0.15) is 0 Å². The summed E-state index contributed by atoms with van der Waals surface area (Å²) in [6.07, 6.45) is 2.48. The molecule has 92 valence electrons. The molecule has 1 saturated heterocycles. The highest BCUT2D eigenvalue weighted by atomic mass is 32.2. The number of sulfonamides is 1. The fourth-order valence-corrected chi connectivity index (χ4v) is 2.80. The Hall–Kier alpha value is -1.74. The number of nitrogens with zero attached hydrogens (tertiary/aromatic N) is 3. The number of amides is 2. The van der Waals surface area contributed by atoms with Crippen LogP contribution in [-0.2, 0) is 26.7 Å². The number of piperazine rings is 1. The molecule has 1 fully saturated rings. The second kappa shape index (κ2) is 3.93. The minimum absolute atomic E-state index is 0.0394. The summed E-state index contributed by atoms with van der Waals surface area (Å²) in [4.78, 5) is 22.2. The number of hydrogen-bond acceptors (Lipinski definition) is 5. The van der Waals surface area contributed by atoms with Gasteiger partial charge < -0.3 is 0 Å². The topological polar surface area (TPSA) is 101 Å². The van der Waals surface area contributed by atoms with Crippen molar-refractivity contribution in [2.75, 3.05) is 13.1 Å². The first kappa shape index (κ1) is 11.7. The van der Waals surface area contributed by atoms with Crippen LogP contribution in [0.15, 0.2) is 17.3 Å². The number of carbonyl (C=O) groups excluding carboxylic acids is 2. The van der Waals surface area contributed by atoms with E-state index in [4.69, 9.17) is 0 Å². The van der Waals surface area contributed by atoms with Crippen molar-refractivity contribution in [3.8, 4) is 0 Å². The zero-order chi connectivity index (χ0) is 12.6. The van der Waals surface area contributed by atoms with E-state index >= 15 is 0 Å². The average Bonchev–Trinajstić information content (AvgIpc) is 2.64. The van der Waals surface area contributed by atoms with Gasteiger partial charge in [0.15, 0.2) is 0 Å². The molecule has 1 aromatic rings. The van der Waals surface area contributed by atoms with Crippen molar-refractivity contribution in [1.82, 2.24) is 19.4 Å². The maximum atomic E-state index is 12.0. The van der Waals surface area contributed by atoms with E-state index in [2.05, 4.69) is 5.10 Å². The Morgan fingerprint density at radius 3 is 2.35 bits per heavy atom. The van der Waals surface area contributed by atoms with Crippen molar-refractivity contribution in [3.05, 3.63) is 12.4 Å². The summed E-state index contributed by atoms with van der Waals surface area (Å²) >= 11 is 0. The van der Waals surface area contributed by atoms with E-state index in [1.54, 1.807) is 7.05 Å². The highest BCUT2D eigenvalue weighted by Gasteiger charge is 2.33. The van der Waals surface area contributed by atoms with E-state index in [1.807, 2.05) is 5.32 Å². The summed E-state index contributed by atoms with van der Waals surface area (Å²) in [7, 11) is -2.26. The number of nitrogens with one attached hydrogen (secondary N) is 1. The second-order valence-corrected chi connectivity index (χ2v) is 5.53. The molecule has 1 aliphatic heterocycles. The predicted molar refractivity (Wildman–Crippen MR) is 55.1 cm³/mol. The third-order valence-electron chi connectivity index (χ3n) is 2.24. The number of hydrogen-bond donors (Lipinski definition) is 1. The lowest BCUT2D eigenvalue weighted by Crippen LogP contribution is -2.53. The van der Waals surface area contributed by atoms with E-state index in [-0.39, 0.29) is 18.0 Å². The molecule has 1 aliphatic rings. The minimum atomic E-state index is -3.84. The highest BCUT2D eigenvalue weighted by Crippen LogP contribution is 2.15. The zero-order valence-electron chi connectivity index (χ0n) is 8.95. The molecule has 0 atom stereocenters. The fourth-order valence-electron chi connectivity index (χ4n) is 1.46. The maximum absolute atomic E-state index is 12.0. The Balaban J connectivity index is 2.33. The van der Waals surface area contributed by atoms with Crippen molar-refractivity contribution >= 4 is 21.8 Å². The van der Waals surface area contributed by atoms with Crippen molar-refractivity contribution in [3.63, 3.8) is 0 Å². The van der Waals surface area contributed by atoms with Crippen LogP contribution >= 0.6 is 0 Å². The molecule has 9 heteroatoms. The van der Waals surface area contributed by atoms with Crippen molar-refractivity contribution in [1.29, 1.82) is 0 Å². The quantitative estimate of drug-likeness (QED) is 0.622. The zero-order valence-corrected chi connectivity index (χ0v) is 9.77. The number of aryl methyl sites for hydroxylation is 1. The minimum Gasteiger partial charge on any atom is -0.294 e. The van der Waals surface area contributed by atoms with Gasteiger partial charge in [0.25, 0.3) is 0 Å².